The highest BCUT2D eigenvalue weighted by molar-refractivity contribution is 7.99. The molecule has 1 atom stereocenters. The predicted octanol–water partition coefficient (Wildman–Crippen LogP) is 4.35. The molecule has 0 spiro atoms. The number of benzene rings is 1. The molecule has 0 N–H and O–H groups in total. The Bertz CT molecular complexity index is 536. The van der Waals surface area contributed by atoms with Crippen LogP contribution in [0.5, 0.6) is 0 Å². The fraction of sp³-hybridized carbons (Fsp3) is 0.533. The Morgan fingerprint density at radius 2 is 2.33 bits per heavy atom. The first-order valence-electron chi connectivity index (χ1n) is 6.90. The highest BCUT2D eigenvalue weighted by Gasteiger charge is 2.29. The zero-order valence-corrected chi connectivity index (χ0v) is 13.7. The maximum Gasteiger partial charge on any atom is 0.339 e. The minimum absolute atomic E-state index is 0.0355. The minimum Gasteiger partial charge on any atom is -0.462 e. The molecule has 2 rings (SSSR count). The summed E-state index contributed by atoms with van der Waals surface area (Å²) in [6.07, 6.45) is 0.487. The number of aryl methyl sites for hydroxylation is 1. The average molecular weight is 333 g/mol. The van der Waals surface area contributed by atoms with Crippen molar-refractivity contribution in [2.24, 2.45) is 0 Å². The Morgan fingerprint density at radius 1 is 1.57 bits per heavy atom. The van der Waals surface area contributed by atoms with Crippen LogP contribution in [0.3, 0.4) is 0 Å². The summed E-state index contributed by atoms with van der Waals surface area (Å²) in [6, 6.07) is 1.75. The van der Waals surface area contributed by atoms with Gasteiger partial charge in [-0.15, -0.1) is 11.8 Å². The van der Waals surface area contributed by atoms with E-state index >= 15 is 0 Å². The number of fused-ring (bicyclic) bond motifs is 1. The summed E-state index contributed by atoms with van der Waals surface area (Å²) < 4.78 is 23.0. The highest BCUT2D eigenvalue weighted by atomic mass is 35.5. The van der Waals surface area contributed by atoms with E-state index < -0.39 is 12.6 Å². The molecule has 3 nitrogen and oxygen atoms in total. The van der Waals surface area contributed by atoms with Crippen molar-refractivity contribution in [3.05, 3.63) is 27.8 Å². The van der Waals surface area contributed by atoms with Gasteiger partial charge in [0.2, 0.25) is 0 Å². The van der Waals surface area contributed by atoms with Crippen LogP contribution in [0, 0.1) is 6.92 Å². The van der Waals surface area contributed by atoms with Gasteiger partial charge in [-0.05, 0) is 31.9 Å². The van der Waals surface area contributed by atoms with Crippen molar-refractivity contribution < 1.29 is 18.7 Å². The highest BCUT2D eigenvalue weighted by Crippen LogP contribution is 2.45. The van der Waals surface area contributed by atoms with Crippen LogP contribution < -0.4 is 0 Å². The van der Waals surface area contributed by atoms with Gasteiger partial charge in [0, 0.05) is 16.2 Å². The maximum atomic E-state index is 12.4. The number of halogens is 2. The largest absolute Gasteiger partial charge is 0.462 e. The normalized spacial score (nSPS) is 17.4. The van der Waals surface area contributed by atoms with Crippen molar-refractivity contribution in [1.29, 1.82) is 0 Å². The van der Waals surface area contributed by atoms with Crippen LogP contribution in [0.4, 0.5) is 4.39 Å². The van der Waals surface area contributed by atoms with Gasteiger partial charge in [-0.25, -0.2) is 9.18 Å². The number of carbonyl (C=O) groups is 1. The summed E-state index contributed by atoms with van der Waals surface area (Å²) in [7, 11) is 0. The van der Waals surface area contributed by atoms with E-state index in [1.807, 2.05) is 6.92 Å². The lowest BCUT2D eigenvalue weighted by molar-refractivity contribution is 0.0389. The standard InChI is InChI=1S/C15H18ClFO3S/c1-3-19-15(18)10-8-9(2)14-12(13(10)16)11(4-7-21-14)20-6-5-17/h8,11H,3-7H2,1-2H3. The Hall–Kier alpha value is -0.780. The molecule has 1 aliphatic rings. The summed E-state index contributed by atoms with van der Waals surface area (Å²) in [5.41, 5.74) is 2.12. The summed E-state index contributed by atoms with van der Waals surface area (Å²) in [6.45, 7) is 3.48. The molecule has 1 heterocycles. The number of ether oxygens (including phenoxy) is 2. The number of rotatable bonds is 5. The van der Waals surface area contributed by atoms with Gasteiger partial charge in [0.1, 0.15) is 6.67 Å². The molecular formula is C15H18ClFO3S. The van der Waals surface area contributed by atoms with E-state index in [2.05, 4.69) is 0 Å². The summed E-state index contributed by atoms with van der Waals surface area (Å²) in [5.74, 6) is 0.452. The Balaban J connectivity index is 2.45. The number of hydrogen-bond donors (Lipinski definition) is 0. The smallest absolute Gasteiger partial charge is 0.339 e. The molecule has 0 radical (unpaired) electrons. The van der Waals surface area contributed by atoms with Gasteiger partial charge >= 0.3 is 5.97 Å². The SMILES string of the molecule is CCOC(=O)c1cc(C)c2c(c1Cl)C(OCCF)CCS2. The van der Waals surface area contributed by atoms with E-state index in [4.69, 9.17) is 21.1 Å². The van der Waals surface area contributed by atoms with Crippen LogP contribution in [-0.2, 0) is 9.47 Å². The summed E-state index contributed by atoms with van der Waals surface area (Å²) in [4.78, 5) is 13.0. The Morgan fingerprint density at radius 3 is 3.00 bits per heavy atom. The minimum atomic E-state index is -0.535. The first-order valence-corrected chi connectivity index (χ1v) is 8.27. The van der Waals surface area contributed by atoms with E-state index in [1.165, 1.54) is 0 Å². The van der Waals surface area contributed by atoms with Crippen molar-refractivity contribution in [2.75, 3.05) is 25.6 Å². The van der Waals surface area contributed by atoms with E-state index in [1.54, 1.807) is 24.8 Å². The van der Waals surface area contributed by atoms with Gasteiger partial charge in [-0.1, -0.05) is 11.6 Å². The fourth-order valence-electron chi connectivity index (χ4n) is 2.40. The van der Waals surface area contributed by atoms with Gasteiger partial charge in [0.25, 0.3) is 0 Å². The van der Waals surface area contributed by atoms with Crippen molar-refractivity contribution in [1.82, 2.24) is 0 Å². The predicted molar refractivity (Wildman–Crippen MR) is 82.2 cm³/mol. The molecule has 0 bridgehead atoms. The van der Waals surface area contributed by atoms with Gasteiger partial charge in [-0.2, -0.15) is 0 Å². The second kappa shape index (κ2) is 7.47. The molecule has 0 saturated carbocycles. The first kappa shape index (κ1) is 16.6. The molecule has 6 heteroatoms. The molecular weight excluding hydrogens is 315 g/mol. The Labute approximate surface area is 133 Å². The quantitative estimate of drug-likeness (QED) is 0.751. The van der Waals surface area contributed by atoms with Crippen LogP contribution in [0.15, 0.2) is 11.0 Å². The van der Waals surface area contributed by atoms with E-state index in [9.17, 15) is 9.18 Å². The molecule has 0 amide bonds. The van der Waals surface area contributed by atoms with Crippen molar-refractivity contribution >= 4 is 29.3 Å². The number of alkyl halides is 1. The summed E-state index contributed by atoms with van der Waals surface area (Å²) in [5, 5.41) is 0.366. The van der Waals surface area contributed by atoms with Crippen LogP contribution in [0.25, 0.3) is 0 Å². The maximum absolute atomic E-state index is 12.4. The third-order valence-electron chi connectivity index (χ3n) is 3.28. The lowest BCUT2D eigenvalue weighted by atomic mass is 9.99. The van der Waals surface area contributed by atoms with Crippen molar-refractivity contribution in [3.63, 3.8) is 0 Å². The lowest BCUT2D eigenvalue weighted by Gasteiger charge is -2.28. The van der Waals surface area contributed by atoms with E-state index in [-0.39, 0.29) is 12.7 Å². The molecule has 1 aromatic carbocycles. The molecule has 1 aromatic rings. The van der Waals surface area contributed by atoms with E-state index in [0.29, 0.717) is 17.2 Å². The third kappa shape index (κ3) is 3.52. The second-order valence-electron chi connectivity index (χ2n) is 4.70. The summed E-state index contributed by atoms with van der Waals surface area (Å²) >= 11 is 8.11. The number of thioether (sulfide) groups is 1. The van der Waals surface area contributed by atoms with E-state index in [0.717, 1.165) is 28.2 Å². The molecule has 0 fully saturated rings. The topological polar surface area (TPSA) is 35.5 Å². The molecule has 1 unspecified atom stereocenters. The van der Waals surface area contributed by atoms with Crippen molar-refractivity contribution in [3.8, 4) is 0 Å². The van der Waals surface area contributed by atoms with Gasteiger partial charge in [0.15, 0.2) is 0 Å². The zero-order valence-electron chi connectivity index (χ0n) is 12.1. The van der Waals surface area contributed by atoms with Crippen molar-refractivity contribution in [2.45, 2.75) is 31.3 Å². The first-order chi connectivity index (χ1) is 10.1. The molecule has 0 aromatic heterocycles. The number of carbonyl (C=O) groups excluding carboxylic acids is 1. The molecule has 1 aliphatic heterocycles. The molecule has 21 heavy (non-hydrogen) atoms. The van der Waals surface area contributed by atoms with Crippen LogP contribution in [-0.4, -0.2) is 31.6 Å². The lowest BCUT2D eigenvalue weighted by Crippen LogP contribution is -2.16. The average Bonchev–Trinajstić information content (AvgIpc) is 2.48. The fourth-order valence-corrected chi connectivity index (χ4v) is 4.02. The number of esters is 1. The second-order valence-corrected chi connectivity index (χ2v) is 6.19. The van der Waals surface area contributed by atoms with Crippen LogP contribution in [0.2, 0.25) is 5.02 Å². The van der Waals surface area contributed by atoms with Crippen LogP contribution in [0.1, 0.15) is 40.9 Å². The zero-order chi connectivity index (χ0) is 15.4. The number of hydrogen-bond acceptors (Lipinski definition) is 4. The molecule has 0 aliphatic carbocycles. The third-order valence-corrected chi connectivity index (χ3v) is 4.95. The van der Waals surface area contributed by atoms with Gasteiger partial charge in [0.05, 0.1) is 29.9 Å². The van der Waals surface area contributed by atoms with Crippen LogP contribution >= 0.6 is 23.4 Å². The molecule has 0 saturated heterocycles. The Kier molecular flexibility index (Phi) is 5.90. The van der Waals surface area contributed by atoms with Gasteiger partial charge in [-0.3, -0.25) is 0 Å². The van der Waals surface area contributed by atoms with Gasteiger partial charge < -0.3 is 9.47 Å². The molecule has 116 valence electrons. The monoisotopic (exact) mass is 332 g/mol.